The van der Waals surface area contributed by atoms with E-state index in [4.69, 9.17) is 51.8 Å². The van der Waals surface area contributed by atoms with Crippen molar-refractivity contribution in [3.8, 4) is 5.75 Å². The van der Waals surface area contributed by atoms with Gasteiger partial charge < -0.3 is 19.9 Å². The Labute approximate surface area is 235 Å². The number of rotatable bonds is 5. The molecule has 37 heavy (non-hydrogen) atoms. The minimum Gasteiger partial charge on any atom is -0.496 e. The number of amides is 2. The lowest BCUT2D eigenvalue weighted by Gasteiger charge is -2.36. The van der Waals surface area contributed by atoms with Gasteiger partial charge in [-0.3, -0.25) is 14.9 Å². The van der Waals surface area contributed by atoms with Crippen LogP contribution in [-0.2, 0) is 0 Å². The second kappa shape index (κ2) is 12.0. The highest BCUT2D eigenvalue weighted by Gasteiger charge is 2.24. The van der Waals surface area contributed by atoms with Gasteiger partial charge in [0.05, 0.1) is 22.7 Å². The maximum absolute atomic E-state index is 13.0. The van der Waals surface area contributed by atoms with Crippen molar-refractivity contribution in [3.63, 3.8) is 0 Å². The molecule has 0 aromatic heterocycles. The van der Waals surface area contributed by atoms with Gasteiger partial charge in [0.1, 0.15) is 5.75 Å². The normalized spacial score (nSPS) is 13.2. The summed E-state index contributed by atoms with van der Waals surface area (Å²) in [4.78, 5) is 29.4. The van der Waals surface area contributed by atoms with Gasteiger partial charge in [-0.2, -0.15) is 0 Å². The Kier molecular flexibility index (Phi) is 8.76. The lowest BCUT2D eigenvalue weighted by molar-refractivity contribution is 0.0743. The predicted molar refractivity (Wildman–Crippen MR) is 153 cm³/mol. The van der Waals surface area contributed by atoms with E-state index in [2.05, 4.69) is 15.5 Å². The molecule has 4 rings (SSSR count). The molecule has 0 unspecified atom stereocenters. The zero-order valence-electron chi connectivity index (χ0n) is 19.8. The van der Waals surface area contributed by atoms with Crippen molar-refractivity contribution in [3.05, 3.63) is 86.9 Å². The van der Waals surface area contributed by atoms with Gasteiger partial charge in [-0.25, -0.2) is 0 Å². The molecule has 1 aliphatic rings. The van der Waals surface area contributed by atoms with E-state index in [9.17, 15) is 9.59 Å². The zero-order valence-corrected chi connectivity index (χ0v) is 22.8. The van der Waals surface area contributed by atoms with Gasteiger partial charge in [0.25, 0.3) is 11.8 Å². The van der Waals surface area contributed by atoms with Gasteiger partial charge in [0.15, 0.2) is 5.11 Å². The van der Waals surface area contributed by atoms with Gasteiger partial charge >= 0.3 is 0 Å². The number of thiocarbonyl (C=S) groups is 1. The number of carbonyl (C=O) groups excluding carboxylic acids is 2. The van der Waals surface area contributed by atoms with E-state index in [1.165, 1.54) is 13.2 Å². The summed E-state index contributed by atoms with van der Waals surface area (Å²) < 4.78 is 5.33. The van der Waals surface area contributed by atoms with E-state index in [0.717, 1.165) is 11.4 Å². The fourth-order valence-corrected chi connectivity index (χ4v) is 4.60. The topological polar surface area (TPSA) is 73.9 Å². The largest absolute Gasteiger partial charge is 0.496 e. The molecule has 192 valence electrons. The minimum atomic E-state index is -0.393. The molecule has 0 atom stereocenters. The molecule has 2 amide bonds. The van der Waals surface area contributed by atoms with Crippen LogP contribution in [0.1, 0.15) is 20.7 Å². The summed E-state index contributed by atoms with van der Waals surface area (Å²) >= 11 is 23.2. The molecule has 2 N–H and O–H groups in total. The molecule has 0 saturated carbocycles. The molecule has 11 heteroatoms. The molecule has 1 heterocycles. The molecular formula is C26H23Cl3N4O3S. The highest BCUT2D eigenvalue weighted by atomic mass is 35.5. The Morgan fingerprint density at radius 1 is 0.892 bits per heavy atom. The van der Waals surface area contributed by atoms with Crippen LogP contribution in [-0.4, -0.2) is 55.1 Å². The van der Waals surface area contributed by atoms with Gasteiger partial charge in [-0.15, -0.1) is 0 Å². The van der Waals surface area contributed by atoms with Gasteiger partial charge in [-0.1, -0.05) is 34.8 Å². The molecule has 3 aromatic rings. The highest BCUT2D eigenvalue weighted by Crippen LogP contribution is 2.26. The SMILES string of the molecule is COc1ccc(Cl)cc1C(=O)N1CCN(c2ccc(NC(=S)NC(=O)c3ccc(Cl)c(Cl)c3)cc2)CC1. The molecule has 0 spiro atoms. The maximum Gasteiger partial charge on any atom is 0.257 e. The second-order valence-corrected chi connectivity index (χ2v) is 9.87. The van der Waals surface area contributed by atoms with Crippen LogP contribution in [0, 0.1) is 0 Å². The quantitative estimate of drug-likeness (QED) is 0.377. The van der Waals surface area contributed by atoms with Crippen molar-refractivity contribution in [1.82, 2.24) is 10.2 Å². The average Bonchev–Trinajstić information content (AvgIpc) is 2.90. The fraction of sp³-hybridized carbons (Fsp3) is 0.192. The Morgan fingerprint density at radius 2 is 1.59 bits per heavy atom. The molecule has 1 aliphatic heterocycles. The molecule has 3 aromatic carbocycles. The molecule has 7 nitrogen and oxygen atoms in total. The molecule has 0 radical (unpaired) electrons. The van der Waals surface area contributed by atoms with Crippen LogP contribution < -0.4 is 20.3 Å². The Bertz CT molecular complexity index is 1330. The van der Waals surface area contributed by atoms with Crippen LogP contribution >= 0.6 is 47.0 Å². The smallest absolute Gasteiger partial charge is 0.257 e. The van der Waals surface area contributed by atoms with Gasteiger partial charge in [-0.05, 0) is 72.9 Å². The monoisotopic (exact) mass is 576 g/mol. The van der Waals surface area contributed by atoms with E-state index in [0.29, 0.717) is 53.1 Å². The van der Waals surface area contributed by atoms with Crippen molar-refractivity contribution >= 4 is 75.3 Å². The van der Waals surface area contributed by atoms with E-state index in [1.54, 1.807) is 35.2 Å². The van der Waals surface area contributed by atoms with E-state index < -0.39 is 5.91 Å². The molecule has 0 bridgehead atoms. The Hall–Kier alpha value is -3.04. The highest BCUT2D eigenvalue weighted by molar-refractivity contribution is 7.80. The third-order valence-electron chi connectivity index (χ3n) is 5.86. The van der Waals surface area contributed by atoms with Crippen molar-refractivity contribution in [2.75, 3.05) is 43.5 Å². The number of carbonyl (C=O) groups is 2. The minimum absolute atomic E-state index is 0.102. The molecule has 0 aliphatic carbocycles. The number of piperazine rings is 1. The van der Waals surface area contributed by atoms with Crippen LogP contribution in [0.4, 0.5) is 11.4 Å². The number of hydrogen-bond donors (Lipinski definition) is 2. The van der Waals surface area contributed by atoms with Crippen LogP contribution in [0.25, 0.3) is 0 Å². The van der Waals surface area contributed by atoms with Crippen molar-refractivity contribution in [1.29, 1.82) is 0 Å². The van der Waals surface area contributed by atoms with E-state index >= 15 is 0 Å². The summed E-state index contributed by atoms with van der Waals surface area (Å²) in [6.45, 7) is 2.50. The van der Waals surface area contributed by atoms with Crippen LogP contribution in [0.2, 0.25) is 15.1 Å². The lowest BCUT2D eigenvalue weighted by Crippen LogP contribution is -2.48. The second-order valence-electron chi connectivity index (χ2n) is 8.21. The summed E-state index contributed by atoms with van der Waals surface area (Å²) in [6, 6.07) is 17.3. The Morgan fingerprint density at radius 3 is 2.24 bits per heavy atom. The first-order valence-corrected chi connectivity index (χ1v) is 12.8. The third kappa shape index (κ3) is 6.64. The number of anilines is 2. The van der Waals surface area contributed by atoms with Gasteiger partial charge in [0, 0.05) is 48.1 Å². The standard InChI is InChI=1S/C26H23Cl3N4O3S/c1-36-23-9-3-17(27)15-20(23)25(35)33-12-10-32(11-13-33)19-6-4-18(5-7-19)30-26(37)31-24(34)16-2-8-21(28)22(29)14-16/h2-9,14-15H,10-13H2,1H3,(H2,30,31,34,37). The zero-order chi connectivity index (χ0) is 26.5. The fourth-order valence-electron chi connectivity index (χ4n) is 3.92. The number of nitrogens with zero attached hydrogens (tertiary/aromatic N) is 2. The summed E-state index contributed by atoms with van der Waals surface area (Å²) in [5, 5.41) is 6.93. The maximum atomic E-state index is 13.0. The number of ether oxygens (including phenoxy) is 1. The number of methoxy groups -OCH3 is 1. The van der Waals surface area contributed by atoms with Crippen molar-refractivity contribution in [2.24, 2.45) is 0 Å². The van der Waals surface area contributed by atoms with Crippen LogP contribution in [0.3, 0.4) is 0 Å². The summed E-state index contributed by atoms with van der Waals surface area (Å²) in [5.74, 6) is 0.0106. The van der Waals surface area contributed by atoms with E-state index in [-0.39, 0.29) is 16.0 Å². The Balaban J connectivity index is 1.30. The van der Waals surface area contributed by atoms with Crippen molar-refractivity contribution in [2.45, 2.75) is 0 Å². The van der Waals surface area contributed by atoms with Crippen LogP contribution in [0.15, 0.2) is 60.7 Å². The van der Waals surface area contributed by atoms with Crippen LogP contribution in [0.5, 0.6) is 5.75 Å². The summed E-state index contributed by atoms with van der Waals surface area (Å²) in [5.41, 5.74) is 2.55. The first-order valence-electron chi connectivity index (χ1n) is 11.3. The molecular weight excluding hydrogens is 555 g/mol. The van der Waals surface area contributed by atoms with Crippen molar-refractivity contribution < 1.29 is 14.3 Å². The lowest BCUT2D eigenvalue weighted by atomic mass is 10.1. The molecule has 1 fully saturated rings. The number of halogens is 3. The summed E-state index contributed by atoms with van der Waals surface area (Å²) in [6.07, 6.45) is 0. The predicted octanol–water partition coefficient (Wildman–Crippen LogP) is 5.74. The molecule has 1 saturated heterocycles. The summed E-state index contributed by atoms with van der Waals surface area (Å²) in [7, 11) is 1.53. The first-order chi connectivity index (χ1) is 17.7. The third-order valence-corrected chi connectivity index (χ3v) is 7.04. The van der Waals surface area contributed by atoms with Gasteiger partial charge in [0.2, 0.25) is 0 Å². The van der Waals surface area contributed by atoms with E-state index in [1.807, 2.05) is 24.3 Å². The number of benzene rings is 3. The first kappa shape index (κ1) is 27.0. The average molecular weight is 578 g/mol. The number of nitrogens with one attached hydrogen (secondary N) is 2. The number of hydrogen-bond acceptors (Lipinski definition) is 5.